The molecule has 1 saturated carbocycles. The molecule has 34 heavy (non-hydrogen) atoms. The van der Waals surface area contributed by atoms with Gasteiger partial charge in [0, 0.05) is 29.8 Å². The fraction of sp³-hybridized carbons (Fsp3) is 0.375. The Kier molecular flexibility index (Phi) is 6.58. The van der Waals surface area contributed by atoms with Crippen molar-refractivity contribution in [1.82, 2.24) is 15.2 Å². The van der Waals surface area contributed by atoms with Gasteiger partial charge >= 0.3 is 0 Å². The molecule has 4 rings (SSSR count). The second-order valence-electron chi connectivity index (χ2n) is 8.69. The predicted octanol–water partition coefficient (Wildman–Crippen LogP) is 1.46. The summed E-state index contributed by atoms with van der Waals surface area (Å²) in [5.74, 6) is -1.73. The molecule has 5 N–H and O–H groups in total. The van der Waals surface area contributed by atoms with Crippen molar-refractivity contribution in [1.29, 1.82) is 5.41 Å². The van der Waals surface area contributed by atoms with Gasteiger partial charge in [0.15, 0.2) is 0 Å². The van der Waals surface area contributed by atoms with E-state index in [0.717, 1.165) is 0 Å². The van der Waals surface area contributed by atoms with Gasteiger partial charge in [-0.05, 0) is 43.9 Å². The predicted molar refractivity (Wildman–Crippen MR) is 124 cm³/mol. The molecule has 1 aromatic carbocycles. The first-order valence-corrected chi connectivity index (χ1v) is 11.2. The van der Waals surface area contributed by atoms with Crippen molar-refractivity contribution in [3.05, 3.63) is 59.2 Å². The topological polar surface area (TPSA) is 141 Å². The SMILES string of the molecule is Cc1cc(C(=N)C(N)=O)c(NCC(=O)N2CCCC2C(=O)NC2CC2c2ccccc2F)cn1. The van der Waals surface area contributed by atoms with Crippen molar-refractivity contribution in [2.75, 3.05) is 18.4 Å². The molecule has 9 nitrogen and oxygen atoms in total. The number of rotatable bonds is 8. The van der Waals surface area contributed by atoms with Gasteiger partial charge in [-0.25, -0.2) is 4.39 Å². The number of primary amides is 1. The fourth-order valence-corrected chi connectivity index (χ4v) is 4.40. The number of hydrogen-bond acceptors (Lipinski definition) is 6. The monoisotopic (exact) mass is 466 g/mol. The summed E-state index contributed by atoms with van der Waals surface area (Å²) < 4.78 is 14.0. The van der Waals surface area contributed by atoms with E-state index in [1.165, 1.54) is 17.2 Å². The molecule has 2 fully saturated rings. The number of aryl methyl sites for hydroxylation is 1. The number of anilines is 1. The number of pyridine rings is 1. The van der Waals surface area contributed by atoms with Crippen molar-refractivity contribution >= 4 is 29.1 Å². The van der Waals surface area contributed by atoms with E-state index >= 15 is 0 Å². The third-order valence-electron chi connectivity index (χ3n) is 6.29. The average Bonchev–Trinajstić information content (AvgIpc) is 3.37. The maximum absolute atomic E-state index is 14.0. The Morgan fingerprint density at radius 2 is 2.06 bits per heavy atom. The van der Waals surface area contributed by atoms with Crippen molar-refractivity contribution < 1.29 is 18.8 Å². The highest BCUT2D eigenvalue weighted by molar-refractivity contribution is 6.44. The van der Waals surface area contributed by atoms with E-state index in [-0.39, 0.29) is 47.4 Å². The zero-order valence-electron chi connectivity index (χ0n) is 18.8. The summed E-state index contributed by atoms with van der Waals surface area (Å²) >= 11 is 0. The minimum atomic E-state index is -0.884. The van der Waals surface area contributed by atoms with Crippen LogP contribution in [-0.2, 0) is 14.4 Å². The molecule has 1 aliphatic carbocycles. The molecule has 178 valence electrons. The first-order valence-electron chi connectivity index (χ1n) is 11.2. The molecule has 2 aromatic rings. The van der Waals surface area contributed by atoms with E-state index in [1.54, 1.807) is 31.2 Å². The molecule has 3 amide bonds. The normalized spacial score (nSPS) is 21.1. The second kappa shape index (κ2) is 9.58. The molecule has 3 unspecified atom stereocenters. The van der Waals surface area contributed by atoms with Crippen LogP contribution in [0.1, 0.15) is 42.0 Å². The number of nitrogens with two attached hydrogens (primary N) is 1. The Bertz CT molecular complexity index is 1150. The van der Waals surface area contributed by atoms with Crippen LogP contribution in [0.15, 0.2) is 36.5 Å². The summed E-state index contributed by atoms with van der Waals surface area (Å²) in [4.78, 5) is 43.0. The molecule has 3 atom stereocenters. The van der Waals surface area contributed by atoms with Gasteiger partial charge in [0.25, 0.3) is 5.91 Å². The number of carbonyl (C=O) groups is 3. The van der Waals surface area contributed by atoms with Gasteiger partial charge in [-0.2, -0.15) is 0 Å². The molecule has 1 aromatic heterocycles. The van der Waals surface area contributed by atoms with Crippen LogP contribution in [0.4, 0.5) is 10.1 Å². The number of likely N-dealkylation sites (tertiary alicyclic amines) is 1. The first-order chi connectivity index (χ1) is 16.3. The van der Waals surface area contributed by atoms with Crippen molar-refractivity contribution in [2.24, 2.45) is 5.73 Å². The molecule has 2 aliphatic rings. The zero-order chi connectivity index (χ0) is 24.4. The highest BCUT2D eigenvalue weighted by atomic mass is 19.1. The lowest BCUT2D eigenvalue weighted by atomic mass is 10.1. The molecule has 0 bridgehead atoms. The first kappa shape index (κ1) is 23.3. The molecular weight excluding hydrogens is 439 g/mol. The molecular formula is C24H27FN6O3. The van der Waals surface area contributed by atoms with Gasteiger partial charge in [-0.15, -0.1) is 0 Å². The number of aromatic nitrogens is 1. The van der Waals surface area contributed by atoms with Gasteiger partial charge < -0.3 is 21.3 Å². The number of carbonyl (C=O) groups excluding carboxylic acids is 3. The minimum Gasteiger partial charge on any atom is -0.374 e. The molecule has 0 spiro atoms. The summed E-state index contributed by atoms with van der Waals surface area (Å²) in [7, 11) is 0. The lowest BCUT2D eigenvalue weighted by molar-refractivity contribution is -0.137. The van der Waals surface area contributed by atoms with Crippen LogP contribution >= 0.6 is 0 Å². The number of nitrogens with one attached hydrogen (secondary N) is 3. The summed E-state index contributed by atoms with van der Waals surface area (Å²) in [5.41, 5.74) is 6.66. The van der Waals surface area contributed by atoms with Gasteiger partial charge in [-0.3, -0.25) is 24.8 Å². The number of nitrogens with zero attached hydrogens (tertiary/aromatic N) is 2. The fourth-order valence-electron chi connectivity index (χ4n) is 4.40. The maximum Gasteiger partial charge on any atom is 0.267 e. The Labute approximate surface area is 196 Å². The zero-order valence-corrected chi connectivity index (χ0v) is 18.8. The lowest BCUT2D eigenvalue weighted by Gasteiger charge is -2.24. The van der Waals surface area contributed by atoms with Crippen LogP contribution in [0.3, 0.4) is 0 Å². The number of amides is 3. The van der Waals surface area contributed by atoms with Crippen LogP contribution in [0.2, 0.25) is 0 Å². The van der Waals surface area contributed by atoms with E-state index in [2.05, 4.69) is 15.6 Å². The maximum atomic E-state index is 14.0. The van der Waals surface area contributed by atoms with Gasteiger partial charge in [0.1, 0.15) is 17.6 Å². The number of hydrogen-bond donors (Lipinski definition) is 4. The third kappa shape index (κ3) is 4.90. The number of benzene rings is 1. The van der Waals surface area contributed by atoms with Gasteiger partial charge in [0.2, 0.25) is 11.8 Å². The summed E-state index contributed by atoms with van der Waals surface area (Å²) in [6.07, 6.45) is 3.37. The minimum absolute atomic E-state index is 0.0506. The lowest BCUT2D eigenvalue weighted by Crippen LogP contribution is -2.48. The summed E-state index contributed by atoms with van der Waals surface area (Å²) in [5, 5.41) is 13.8. The Hall–Kier alpha value is -3.82. The second-order valence-corrected chi connectivity index (χ2v) is 8.69. The van der Waals surface area contributed by atoms with E-state index in [1.807, 2.05) is 0 Å². The number of halogens is 1. The Morgan fingerprint density at radius 3 is 2.79 bits per heavy atom. The van der Waals surface area contributed by atoms with Crippen molar-refractivity contribution in [2.45, 2.75) is 44.2 Å². The van der Waals surface area contributed by atoms with E-state index < -0.39 is 11.9 Å². The van der Waals surface area contributed by atoms with Crippen LogP contribution in [0, 0.1) is 18.2 Å². The largest absolute Gasteiger partial charge is 0.374 e. The Morgan fingerprint density at radius 1 is 1.29 bits per heavy atom. The van der Waals surface area contributed by atoms with Crippen molar-refractivity contribution in [3.8, 4) is 0 Å². The molecule has 1 saturated heterocycles. The van der Waals surface area contributed by atoms with Crippen LogP contribution in [0.25, 0.3) is 0 Å². The highest BCUT2D eigenvalue weighted by Crippen LogP contribution is 2.42. The van der Waals surface area contributed by atoms with E-state index in [4.69, 9.17) is 11.1 Å². The van der Waals surface area contributed by atoms with Crippen molar-refractivity contribution in [3.63, 3.8) is 0 Å². The summed E-state index contributed by atoms with van der Waals surface area (Å²) in [6, 6.07) is 7.38. The Balaban J connectivity index is 1.36. The van der Waals surface area contributed by atoms with E-state index in [9.17, 15) is 18.8 Å². The van der Waals surface area contributed by atoms with Gasteiger partial charge in [0.05, 0.1) is 18.4 Å². The quantitative estimate of drug-likeness (QED) is 0.436. The van der Waals surface area contributed by atoms with Gasteiger partial charge in [-0.1, -0.05) is 18.2 Å². The average molecular weight is 467 g/mol. The molecule has 2 heterocycles. The van der Waals surface area contributed by atoms with Crippen LogP contribution < -0.4 is 16.4 Å². The summed E-state index contributed by atoms with van der Waals surface area (Å²) in [6.45, 7) is 2.04. The molecule has 0 radical (unpaired) electrons. The van der Waals surface area contributed by atoms with Crippen LogP contribution in [-0.4, -0.2) is 58.5 Å². The third-order valence-corrected chi connectivity index (χ3v) is 6.29. The van der Waals surface area contributed by atoms with Crippen LogP contribution in [0.5, 0.6) is 0 Å². The van der Waals surface area contributed by atoms with E-state index in [0.29, 0.717) is 42.8 Å². The standard InChI is InChI=1S/C24H27FN6O3/c1-13-9-16(22(26)23(27)33)19(11-28-13)29-12-21(32)31-8-4-7-20(31)24(34)30-18-10-15(18)14-5-2-3-6-17(14)25/h2-3,5-6,9,11,15,18,20,26,29H,4,7-8,10,12H2,1H3,(H2,27,33)(H,30,34). The molecule has 1 aliphatic heterocycles. The molecule has 10 heteroatoms. The highest BCUT2D eigenvalue weighted by Gasteiger charge is 2.43. The smallest absolute Gasteiger partial charge is 0.267 e.